The van der Waals surface area contributed by atoms with E-state index in [2.05, 4.69) is 32.7 Å². The van der Waals surface area contributed by atoms with E-state index in [1.165, 1.54) is 0 Å². The molecule has 1 aromatic carbocycles. The highest BCUT2D eigenvalue weighted by Crippen LogP contribution is 2.23. The van der Waals surface area contributed by atoms with Gasteiger partial charge in [-0.3, -0.25) is 0 Å². The monoisotopic (exact) mass is 286 g/mol. The fraction of sp³-hybridized carbons (Fsp3) is 0.231. The summed E-state index contributed by atoms with van der Waals surface area (Å²) in [4.78, 5) is 4.32. The number of tetrazole rings is 1. The van der Waals surface area contributed by atoms with Gasteiger partial charge in [-0.25, -0.2) is 9.67 Å². The molecule has 102 valence electrons. The third-order valence-corrected chi connectivity index (χ3v) is 3.69. The van der Waals surface area contributed by atoms with Crippen LogP contribution in [0.2, 0.25) is 0 Å². The van der Waals surface area contributed by atoms with Crippen LogP contribution in [-0.4, -0.2) is 25.2 Å². The lowest BCUT2D eigenvalue weighted by Gasteiger charge is -2.15. The molecule has 0 aliphatic carbocycles. The molecule has 1 N–H and O–H groups in total. The molecule has 0 aliphatic rings. The average Bonchev–Trinajstić information content (AvgIpc) is 3.14. The number of aromatic nitrogens is 5. The van der Waals surface area contributed by atoms with Crippen LogP contribution in [0.25, 0.3) is 5.69 Å². The smallest absolute Gasteiger partial charge is 0.143 e. The molecule has 1 unspecified atom stereocenters. The van der Waals surface area contributed by atoms with E-state index in [1.807, 2.05) is 36.0 Å². The quantitative estimate of drug-likeness (QED) is 0.798. The molecule has 0 spiro atoms. The van der Waals surface area contributed by atoms with Gasteiger partial charge in [0.2, 0.25) is 0 Å². The summed E-state index contributed by atoms with van der Waals surface area (Å²) in [7, 11) is 0. The minimum atomic E-state index is 0.158. The van der Waals surface area contributed by atoms with Gasteiger partial charge in [-0.2, -0.15) is 0 Å². The van der Waals surface area contributed by atoms with Crippen LogP contribution in [0.5, 0.6) is 0 Å². The van der Waals surface area contributed by atoms with Crippen LogP contribution >= 0.6 is 11.3 Å². The fourth-order valence-electron chi connectivity index (χ4n) is 1.98. The number of nitrogens with one attached hydrogen (secondary N) is 1. The molecule has 0 amide bonds. The second-order valence-corrected chi connectivity index (χ2v) is 5.25. The lowest BCUT2D eigenvalue weighted by molar-refractivity contribution is 0.784. The molecule has 3 aromatic rings. The van der Waals surface area contributed by atoms with E-state index in [4.69, 9.17) is 0 Å². The minimum absolute atomic E-state index is 0.158. The molecule has 0 fully saturated rings. The van der Waals surface area contributed by atoms with Gasteiger partial charge < -0.3 is 5.32 Å². The largest absolute Gasteiger partial charge is 0.377 e. The Bertz CT molecular complexity index is 677. The van der Waals surface area contributed by atoms with Gasteiger partial charge in [0.15, 0.2) is 0 Å². The fourth-order valence-corrected chi connectivity index (χ4v) is 2.63. The van der Waals surface area contributed by atoms with Gasteiger partial charge in [-0.1, -0.05) is 6.07 Å². The first-order valence-corrected chi connectivity index (χ1v) is 7.17. The molecule has 7 heteroatoms. The third kappa shape index (κ3) is 2.53. The number of anilines is 1. The van der Waals surface area contributed by atoms with Crippen molar-refractivity contribution in [3.63, 3.8) is 0 Å². The first-order chi connectivity index (χ1) is 9.74. The first kappa shape index (κ1) is 12.7. The molecule has 2 heterocycles. The van der Waals surface area contributed by atoms with Gasteiger partial charge in [0, 0.05) is 11.1 Å². The number of hydrogen-bond acceptors (Lipinski definition) is 6. The van der Waals surface area contributed by atoms with Crippen molar-refractivity contribution in [3.05, 3.63) is 46.7 Å². The van der Waals surface area contributed by atoms with Crippen molar-refractivity contribution in [1.29, 1.82) is 0 Å². The van der Waals surface area contributed by atoms with Crippen LogP contribution in [0.15, 0.2) is 35.4 Å². The summed E-state index contributed by atoms with van der Waals surface area (Å²) in [6.45, 7) is 4.12. The topological polar surface area (TPSA) is 68.5 Å². The van der Waals surface area contributed by atoms with Crippen molar-refractivity contribution in [2.24, 2.45) is 0 Å². The Kier molecular flexibility index (Phi) is 3.42. The van der Waals surface area contributed by atoms with Crippen molar-refractivity contribution >= 4 is 17.0 Å². The number of rotatable bonds is 4. The molecule has 20 heavy (non-hydrogen) atoms. The van der Waals surface area contributed by atoms with E-state index < -0.39 is 0 Å². The second-order valence-electron chi connectivity index (χ2n) is 4.53. The number of benzene rings is 1. The standard InChI is InChI=1S/C13H14N6S/c1-9-3-4-11(5-13(9)19-7-15-17-18-19)16-10(2)12-6-20-8-14-12/h3-8,10,16H,1-2H3. The van der Waals surface area contributed by atoms with Crippen molar-refractivity contribution in [2.45, 2.75) is 19.9 Å². The number of nitrogens with zero attached hydrogens (tertiary/aromatic N) is 5. The zero-order valence-corrected chi connectivity index (χ0v) is 12.0. The maximum atomic E-state index is 4.32. The van der Waals surface area contributed by atoms with Crippen molar-refractivity contribution in [1.82, 2.24) is 25.2 Å². The Morgan fingerprint density at radius 3 is 2.95 bits per heavy atom. The number of aryl methyl sites for hydroxylation is 1. The molecular weight excluding hydrogens is 272 g/mol. The Morgan fingerprint density at radius 2 is 2.25 bits per heavy atom. The maximum Gasteiger partial charge on any atom is 0.143 e. The van der Waals surface area contributed by atoms with E-state index in [1.54, 1.807) is 22.3 Å². The number of hydrogen-bond donors (Lipinski definition) is 1. The van der Waals surface area contributed by atoms with Crippen LogP contribution in [0.3, 0.4) is 0 Å². The second kappa shape index (κ2) is 5.38. The van der Waals surface area contributed by atoms with Gasteiger partial charge in [-0.15, -0.1) is 16.4 Å². The minimum Gasteiger partial charge on any atom is -0.377 e. The van der Waals surface area contributed by atoms with Crippen LogP contribution in [0.4, 0.5) is 5.69 Å². The molecule has 1 atom stereocenters. The highest BCUT2D eigenvalue weighted by Gasteiger charge is 2.09. The van der Waals surface area contributed by atoms with Crippen LogP contribution in [0, 0.1) is 6.92 Å². The highest BCUT2D eigenvalue weighted by molar-refractivity contribution is 7.07. The Labute approximate surface area is 120 Å². The Morgan fingerprint density at radius 1 is 1.35 bits per heavy atom. The summed E-state index contributed by atoms with van der Waals surface area (Å²) in [5.41, 5.74) is 5.98. The lowest BCUT2D eigenvalue weighted by Crippen LogP contribution is -2.08. The van der Waals surface area contributed by atoms with Gasteiger partial charge in [0.25, 0.3) is 0 Å². The van der Waals surface area contributed by atoms with E-state index in [9.17, 15) is 0 Å². The zero-order valence-electron chi connectivity index (χ0n) is 11.2. The van der Waals surface area contributed by atoms with Crippen LogP contribution in [-0.2, 0) is 0 Å². The predicted octanol–water partition coefficient (Wildman–Crippen LogP) is 2.60. The molecular formula is C13H14N6S. The van der Waals surface area contributed by atoms with Crippen LogP contribution in [0.1, 0.15) is 24.2 Å². The SMILES string of the molecule is Cc1ccc(NC(C)c2cscn2)cc1-n1cnnn1. The summed E-state index contributed by atoms with van der Waals surface area (Å²) >= 11 is 1.60. The molecule has 6 nitrogen and oxygen atoms in total. The van der Waals surface area contributed by atoms with Gasteiger partial charge in [0.05, 0.1) is 22.9 Å². The zero-order chi connectivity index (χ0) is 13.9. The molecule has 0 aliphatic heterocycles. The first-order valence-electron chi connectivity index (χ1n) is 6.22. The third-order valence-electron chi connectivity index (χ3n) is 3.08. The van der Waals surface area contributed by atoms with Gasteiger partial charge in [-0.05, 0) is 42.0 Å². The summed E-state index contributed by atoms with van der Waals surface area (Å²) in [5, 5.41) is 16.8. The van der Waals surface area contributed by atoms with Crippen molar-refractivity contribution in [2.75, 3.05) is 5.32 Å². The number of thiazole rings is 1. The van der Waals surface area contributed by atoms with Crippen molar-refractivity contribution in [3.8, 4) is 5.69 Å². The Hall–Kier alpha value is -2.28. The molecule has 0 saturated carbocycles. The summed E-state index contributed by atoms with van der Waals surface area (Å²) in [6, 6.07) is 6.29. The van der Waals surface area contributed by atoms with Gasteiger partial charge >= 0.3 is 0 Å². The van der Waals surface area contributed by atoms with Gasteiger partial charge in [0.1, 0.15) is 6.33 Å². The lowest BCUT2D eigenvalue weighted by atomic mass is 10.1. The molecule has 0 radical (unpaired) electrons. The highest BCUT2D eigenvalue weighted by atomic mass is 32.1. The molecule has 2 aromatic heterocycles. The van der Waals surface area contributed by atoms with E-state index in [0.29, 0.717) is 0 Å². The predicted molar refractivity (Wildman–Crippen MR) is 78.0 cm³/mol. The normalized spacial score (nSPS) is 12.3. The maximum absolute atomic E-state index is 4.32. The molecule has 0 bridgehead atoms. The summed E-state index contributed by atoms with van der Waals surface area (Å²) in [5.74, 6) is 0. The Balaban J connectivity index is 1.86. The molecule has 3 rings (SSSR count). The van der Waals surface area contributed by atoms with Crippen LogP contribution < -0.4 is 5.32 Å². The summed E-state index contributed by atoms with van der Waals surface area (Å²) < 4.78 is 1.66. The molecule has 0 saturated heterocycles. The van der Waals surface area contributed by atoms with E-state index >= 15 is 0 Å². The van der Waals surface area contributed by atoms with Crippen molar-refractivity contribution < 1.29 is 0 Å². The van der Waals surface area contributed by atoms with E-state index in [0.717, 1.165) is 22.6 Å². The average molecular weight is 286 g/mol. The summed E-state index contributed by atoms with van der Waals surface area (Å²) in [6.07, 6.45) is 1.59. The van der Waals surface area contributed by atoms with E-state index in [-0.39, 0.29) is 6.04 Å².